The highest BCUT2D eigenvalue weighted by Crippen LogP contribution is 2.13. The lowest BCUT2D eigenvalue weighted by molar-refractivity contribution is 0.306. The Balaban J connectivity index is 3.16. The van der Waals surface area contributed by atoms with Gasteiger partial charge in [0, 0.05) is 6.54 Å². The maximum Gasteiger partial charge on any atom is 0.268 e. The third-order valence-electron chi connectivity index (χ3n) is 4.86. The molecule has 0 aliphatic carbocycles. The Hall–Kier alpha value is -0.130. The maximum absolute atomic E-state index is 11.5. The maximum atomic E-state index is 11.5. The standard InChI is InChI=1S/C21H45NO3S/c1-3-4-5-6-7-8-9-10-11-12-13-14-15-16-17-18-20-25-26(23,24)21-19-22-2/h22H,3-21H2,1-2H3. The Morgan fingerprint density at radius 2 is 1.04 bits per heavy atom. The molecule has 0 saturated heterocycles. The first-order chi connectivity index (χ1) is 12.6. The van der Waals surface area contributed by atoms with Crippen LogP contribution >= 0.6 is 0 Å². The van der Waals surface area contributed by atoms with Gasteiger partial charge in [-0.15, -0.1) is 0 Å². The highest BCUT2D eigenvalue weighted by molar-refractivity contribution is 7.86. The van der Waals surface area contributed by atoms with Crippen molar-refractivity contribution >= 4 is 10.1 Å². The van der Waals surface area contributed by atoms with Gasteiger partial charge < -0.3 is 5.32 Å². The summed E-state index contributed by atoms with van der Waals surface area (Å²) in [6.07, 6.45) is 21.1. The lowest BCUT2D eigenvalue weighted by Crippen LogP contribution is -2.21. The van der Waals surface area contributed by atoms with E-state index in [2.05, 4.69) is 12.2 Å². The van der Waals surface area contributed by atoms with E-state index in [0.717, 1.165) is 12.8 Å². The molecule has 0 unspecified atom stereocenters. The van der Waals surface area contributed by atoms with E-state index in [1.807, 2.05) is 0 Å². The third-order valence-corrected chi connectivity index (χ3v) is 6.09. The smallest absolute Gasteiger partial charge is 0.268 e. The predicted molar refractivity (Wildman–Crippen MR) is 113 cm³/mol. The second-order valence-electron chi connectivity index (χ2n) is 7.49. The van der Waals surface area contributed by atoms with E-state index in [0.29, 0.717) is 13.2 Å². The highest BCUT2D eigenvalue weighted by Gasteiger charge is 2.09. The molecule has 0 heterocycles. The van der Waals surface area contributed by atoms with Crippen molar-refractivity contribution in [2.75, 3.05) is 26.0 Å². The molecule has 0 aromatic heterocycles. The average Bonchev–Trinajstić information content (AvgIpc) is 2.62. The summed E-state index contributed by atoms with van der Waals surface area (Å²) in [5.41, 5.74) is 0. The van der Waals surface area contributed by atoms with Crippen molar-refractivity contribution in [3.05, 3.63) is 0 Å². The minimum absolute atomic E-state index is 0.0579. The number of unbranched alkanes of at least 4 members (excludes halogenated alkanes) is 15. The summed E-state index contributed by atoms with van der Waals surface area (Å²) < 4.78 is 28.0. The normalized spacial score (nSPS) is 11.9. The zero-order valence-electron chi connectivity index (χ0n) is 17.6. The molecule has 4 nitrogen and oxygen atoms in total. The quantitative estimate of drug-likeness (QED) is 0.198. The summed E-state index contributed by atoms with van der Waals surface area (Å²) in [7, 11) is -1.59. The third kappa shape index (κ3) is 20.2. The van der Waals surface area contributed by atoms with Crippen LogP contribution in [0.3, 0.4) is 0 Å². The summed E-state index contributed by atoms with van der Waals surface area (Å²) in [5, 5.41) is 2.82. The van der Waals surface area contributed by atoms with Gasteiger partial charge in [0.2, 0.25) is 0 Å². The molecule has 0 spiro atoms. The molecular formula is C21H45NO3S. The van der Waals surface area contributed by atoms with Gasteiger partial charge in [-0.3, -0.25) is 4.18 Å². The van der Waals surface area contributed by atoms with Gasteiger partial charge in [-0.05, 0) is 13.5 Å². The summed E-state index contributed by atoms with van der Waals surface area (Å²) in [5.74, 6) is 0.0579. The summed E-state index contributed by atoms with van der Waals surface area (Å²) in [6.45, 7) is 3.06. The molecular weight excluding hydrogens is 346 g/mol. The molecule has 0 aromatic rings. The Kier molecular flexibility index (Phi) is 19.5. The van der Waals surface area contributed by atoms with Crippen molar-refractivity contribution in [3.8, 4) is 0 Å². The molecule has 5 heteroatoms. The van der Waals surface area contributed by atoms with E-state index in [9.17, 15) is 8.42 Å². The Morgan fingerprint density at radius 1 is 0.654 bits per heavy atom. The topological polar surface area (TPSA) is 55.4 Å². The van der Waals surface area contributed by atoms with E-state index in [1.165, 1.54) is 89.9 Å². The Bertz CT molecular complexity index is 371. The molecule has 0 atom stereocenters. The molecule has 26 heavy (non-hydrogen) atoms. The van der Waals surface area contributed by atoms with Crippen molar-refractivity contribution in [1.82, 2.24) is 5.32 Å². The fraction of sp³-hybridized carbons (Fsp3) is 1.00. The van der Waals surface area contributed by atoms with E-state index < -0.39 is 10.1 Å². The van der Waals surface area contributed by atoms with Crippen LogP contribution in [0.2, 0.25) is 0 Å². The molecule has 1 N–H and O–H groups in total. The largest absolute Gasteiger partial charge is 0.319 e. The van der Waals surface area contributed by atoms with Crippen LogP contribution in [-0.4, -0.2) is 34.4 Å². The average molecular weight is 392 g/mol. The molecule has 158 valence electrons. The summed E-state index contributed by atoms with van der Waals surface area (Å²) >= 11 is 0. The Morgan fingerprint density at radius 3 is 1.42 bits per heavy atom. The van der Waals surface area contributed by atoms with E-state index in [4.69, 9.17) is 4.18 Å². The molecule has 0 aliphatic rings. The molecule has 0 amide bonds. The Labute approximate surface area is 164 Å². The predicted octanol–water partition coefficient (Wildman–Crippen LogP) is 5.81. The fourth-order valence-electron chi connectivity index (χ4n) is 3.12. The van der Waals surface area contributed by atoms with Crippen molar-refractivity contribution in [2.24, 2.45) is 0 Å². The van der Waals surface area contributed by atoms with Gasteiger partial charge in [0.25, 0.3) is 10.1 Å². The number of nitrogens with one attached hydrogen (secondary N) is 1. The summed E-state index contributed by atoms with van der Waals surface area (Å²) in [6, 6.07) is 0. The second kappa shape index (κ2) is 19.6. The van der Waals surface area contributed by atoms with Gasteiger partial charge in [0.1, 0.15) is 0 Å². The SMILES string of the molecule is CCCCCCCCCCCCCCCCCCOS(=O)(=O)CCNC. The lowest BCUT2D eigenvalue weighted by Gasteiger charge is -2.05. The van der Waals surface area contributed by atoms with Crippen LogP contribution in [-0.2, 0) is 14.3 Å². The van der Waals surface area contributed by atoms with Gasteiger partial charge in [0.15, 0.2) is 0 Å². The van der Waals surface area contributed by atoms with Crippen molar-refractivity contribution in [3.63, 3.8) is 0 Å². The second-order valence-corrected chi connectivity index (χ2v) is 9.25. The molecule has 0 aliphatic heterocycles. The lowest BCUT2D eigenvalue weighted by atomic mass is 10.0. The van der Waals surface area contributed by atoms with E-state index in [1.54, 1.807) is 7.05 Å². The van der Waals surface area contributed by atoms with Crippen LogP contribution in [0.4, 0.5) is 0 Å². The van der Waals surface area contributed by atoms with E-state index in [-0.39, 0.29) is 5.75 Å². The van der Waals surface area contributed by atoms with Crippen LogP contribution in [0.5, 0.6) is 0 Å². The van der Waals surface area contributed by atoms with Gasteiger partial charge >= 0.3 is 0 Å². The number of hydrogen-bond donors (Lipinski definition) is 1. The first-order valence-electron chi connectivity index (χ1n) is 11.1. The minimum Gasteiger partial charge on any atom is -0.319 e. The molecule has 0 fully saturated rings. The highest BCUT2D eigenvalue weighted by atomic mass is 32.2. The zero-order chi connectivity index (χ0) is 19.3. The van der Waals surface area contributed by atoms with E-state index >= 15 is 0 Å². The van der Waals surface area contributed by atoms with Crippen LogP contribution in [0, 0.1) is 0 Å². The number of hydrogen-bond acceptors (Lipinski definition) is 4. The van der Waals surface area contributed by atoms with Crippen LogP contribution < -0.4 is 5.32 Å². The van der Waals surface area contributed by atoms with Crippen molar-refractivity contribution < 1.29 is 12.6 Å². The molecule has 0 aromatic carbocycles. The van der Waals surface area contributed by atoms with Crippen LogP contribution in [0.15, 0.2) is 0 Å². The van der Waals surface area contributed by atoms with Gasteiger partial charge in [-0.1, -0.05) is 103 Å². The summed E-state index contributed by atoms with van der Waals surface area (Å²) in [4.78, 5) is 0. The molecule has 0 rings (SSSR count). The van der Waals surface area contributed by atoms with Crippen molar-refractivity contribution in [2.45, 2.75) is 110 Å². The number of rotatable bonds is 21. The van der Waals surface area contributed by atoms with Gasteiger partial charge in [-0.25, -0.2) is 0 Å². The van der Waals surface area contributed by atoms with Gasteiger partial charge in [-0.2, -0.15) is 8.42 Å². The minimum atomic E-state index is -3.33. The van der Waals surface area contributed by atoms with Crippen LogP contribution in [0.25, 0.3) is 0 Å². The first-order valence-corrected chi connectivity index (χ1v) is 12.7. The van der Waals surface area contributed by atoms with Crippen LogP contribution in [0.1, 0.15) is 110 Å². The molecule has 0 radical (unpaired) electrons. The van der Waals surface area contributed by atoms with Gasteiger partial charge in [0.05, 0.1) is 12.4 Å². The van der Waals surface area contributed by atoms with Crippen molar-refractivity contribution in [1.29, 1.82) is 0 Å². The zero-order valence-corrected chi connectivity index (χ0v) is 18.4. The fourth-order valence-corrected chi connectivity index (χ4v) is 4.07. The molecule has 0 saturated carbocycles. The molecule has 0 bridgehead atoms. The first kappa shape index (κ1) is 25.9. The monoisotopic (exact) mass is 391 g/mol.